The molecule has 1 N–H and O–H groups in total. The van der Waals surface area contributed by atoms with Crippen molar-refractivity contribution < 1.29 is 23.6 Å². The van der Waals surface area contributed by atoms with E-state index in [0.717, 1.165) is 24.1 Å². The lowest BCUT2D eigenvalue weighted by Crippen LogP contribution is -2.36. The lowest BCUT2D eigenvalue weighted by Gasteiger charge is -2.28. The van der Waals surface area contributed by atoms with E-state index in [1.807, 2.05) is 22.4 Å². The van der Waals surface area contributed by atoms with Gasteiger partial charge >= 0.3 is 0 Å². The molecule has 3 heterocycles. The third-order valence-electron chi connectivity index (χ3n) is 5.68. The first-order valence-corrected chi connectivity index (χ1v) is 12.2. The minimum Gasteiger partial charge on any atom is -0.493 e. The van der Waals surface area contributed by atoms with Gasteiger partial charge in [0, 0.05) is 32.0 Å². The number of ether oxygens (including phenoxy) is 2. The molecule has 2 amide bonds. The third kappa shape index (κ3) is 5.56. The molecule has 0 unspecified atom stereocenters. The number of thiophene rings is 1. The van der Waals surface area contributed by atoms with Crippen LogP contribution in [0.3, 0.4) is 0 Å². The second-order valence-electron chi connectivity index (χ2n) is 8.00. The van der Waals surface area contributed by atoms with Crippen molar-refractivity contribution in [2.75, 3.05) is 32.6 Å². The maximum Gasteiger partial charge on any atom is 0.256 e. The number of benzene rings is 1. The van der Waals surface area contributed by atoms with Crippen molar-refractivity contribution in [3.05, 3.63) is 41.1 Å². The van der Waals surface area contributed by atoms with Crippen LogP contribution in [-0.2, 0) is 11.2 Å². The first-order valence-electron chi connectivity index (χ1n) is 11.3. The Morgan fingerprint density at radius 1 is 1.15 bits per heavy atom. The number of rotatable bonds is 9. The molecule has 1 saturated heterocycles. The van der Waals surface area contributed by atoms with Crippen LogP contribution in [0.4, 0.5) is 5.69 Å². The molecule has 1 fully saturated rings. The molecule has 9 nitrogen and oxygen atoms in total. The number of piperidine rings is 1. The Labute approximate surface area is 202 Å². The van der Waals surface area contributed by atoms with E-state index in [4.69, 9.17) is 14.0 Å². The number of aromatic nitrogens is 2. The number of methoxy groups -OCH3 is 2. The van der Waals surface area contributed by atoms with Crippen molar-refractivity contribution in [3.63, 3.8) is 0 Å². The number of hydrogen-bond donors (Lipinski definition) is 1. The topological polar surface area (TPSA) is 107 Å². The smallest absolute Gasteiger partial charge is 0.256 e. The molecule has 180 valence electrons. The van der Waals surface area contributed by atoms with E-state index in [9.17, 15) is 9.59 Å². The predicted octanol–water partition coefficient (Wildman–Crippen LogP) is 4.40. The molecule has 1 aromatic carbocycles. The molecule has 0 aliphatic carbocycles. The molecule has 1 aliphatic heterocycles. The first-order chi connectivity index (χ1) is 16.6. The molecule has 0 atom stereocenters. The SMILES string of the molecule is COc1cc(NC(=O)CCCc2nc(-c3cccs3)no2)c(C(=O)N2CCCCC2)cc1OC. The van der Waals surface area contributed by atoms with Crippen LogP contribution in [0.15, 0.2) is 34.2 Å². The fourth-order valence-electron chi connectivity index (χ4n) is 3.90. The van der Waals surface area contributed by atoms with Crippen LogP contribution in [0.5, 0.6) is 11.5 Å². The van der Waals surface area contributed by atoms with Gasteiger partial charge in [0.05, 0.1) is 30.3 Å². The number of anilines is 1. The van der Waals surface area contributed by atoms with E-state index in [2.05, 4.69) is 15.5 Å². The van der Waals surface area contributed by atoms with Crippen molar-refractivity contribution in [1.82, 2.24) is 15.0 Å². The number of amides is 2. The highest BCUT2D eigenvalue weighted by Crippen LogP contribution is 2.34. The standard InChI is InChI=1S/C24H28N4O5S/c1-31-18-14-16(24(30)28-11-4-3-5-12-28)17(15-19(18)32-2)25-21(29)9-6-10-22-26-23(27-33-22)20-8-7-13-34-20/h7-8,13-15H,3-6,9-12H2,1-2H3,(H,25,29). The molecule has 0 spiro atoms. The van der Waals surface area contributed by atoms with Gasteiger partial charge in [-0.2, -0.15) is 4.98 Å². The van der Waals surface area contributed by atoms with E-state index >= 15 is 0 Å². The zero-order valence-corrected chi connectivity index (χ0v) is 20.2. The number of aryl methyl sites for hydroxylation is 1. The molecule has 1 aliphatic rings. The van der Waals surface area contributed by atoms with Gasteiger partial charge < -0.3 is 24.2 Å². The zero-order chi connectivity index (χ0) is 23.9. The maximum atomic E-state index is 13.2. The number of nitrogens with one attached hydrogen (secondary N) is 1. The number of hydrogen-bond acceptors (Lipinski definition) is 8. The second-order valence-corrected chi connectivity index (χ2v) is 8.94. The molecule has 4 rings (SSSR count). The Bertz CT molecular complexity index is 1120. The maximum absolute atomic E-state index is 13.2. The Kier molecular flexibility index (Phi) is 7.79. The summed E-state index contributed by atoms with van der Waals surface area (Å²) in [7, 11) is 3.04. The summed E-state index contributed by atoms with van der Waals surface area (Å²) in [6.07, 6.45) is 4.32. The summed E-state index contributed by atoms with van der Waals surface area (Å²) in [6.45, 7) is 1.41. The van der Waals surface area contributed by atoms with Gasteiger partial charge in [-0.1, -0.05) is 11.2 Å². The highest BCUT2D eigenvalue weighted by Gasteiger charge is 2.24. The van der Waals surface area contributed by atoms with Crippen molar-refractivity contribution in [2.24, 2.45) is 0 Å². The molecular weight excluding hydrogens is 456 g/mol. The average molecular weight is 485 g/mol. The normalized spacial score (nSPS) is 13.5. The van der Waals surface area contributed by atoms with Gasteiger partial charge in [-0.3, -0.25) is 9.59 Å². The minimum atomic E-state index is -0.210. The lowest BCUT2D eigenvalue weighted by atomic mass is 10.1. The number of nitrogens with zero attached hydrogens (tertiary/aromatic N) is 3. The Morgan fingerprint density at radius 2 is 1.91 bits per heavy atom. The van der Waals surface area contributed by atoms with Crippen LogP contribution >= 0.6 is 11.3 Å². The van der Waals surface area contributed by atoms with Gasteiger partial charge in [0.25, 0.3) is 5.91 Å². The Balaban J connectivity index is 1.42. The molecular formula is C24H28N4O5S. The van der Waals surface area contributed by atoms with Crippen LogP contribution in [0, 0.1) is 0 Å². The summed E-state index contributed by atoms with van der Waals surface area (Å²) in [5.74, 6) is 1.60. The molecule has 3 aromatic rings. The van der Waals surface area contributed by atoms with E-state index in [1.54, 1.807) is 12.1 Å². The highest BCUT2D eigenvalue weighted by molar-refractivity contribution is 7.13. The van der Waals surface area contributed by atoms with E-state index in [0.29, 0.717) is 60.4 Å². The zero-order valence-electron chi connectivity index (χ0n) is 19.3. The molecule has 2 aromatic heterocycles. The second kappa shape index (κ2) is 11.1. The van der Waals surface area contributed by atoms with Crippen molar-refractivity contribution >= 4 is 28.8 Å². The third-order valence-corrected chi connectivity index (χ3v) is 6.54. The van der Waals surface area contributed by atoms with Gasteiger partial charge in [-0.15, -0.1) is 11.3 Å². The quantitative estimate of drug-likeness (QED) is 0.480. The molecule has 0 saturated carbocycles. The monoisotopic (exact) mass is 484 g/mol. The van der Waals surface area contributed by atoms with Gasteiger partial charge in [-0.25, -0.2) is 0 Å². The summed E-state index contributed by atoms with van der Waals surface area (Å²) in [4.78, 5) is 33.1. The van der Waals surface area contributed by atoms with Crippen LogP contribution in [0.2, 0.25) is 0 Å². The summed E-state index contributed by atoms with van der Waals surface area (Å²) in [5, 5.41) is 8.83. The van der Waals surface area contributed by atoms with Crippen molar-refractivity contribution in [3.8, 4) is 22.2 Å². The number of carbonyl (C=O) groups excluding carboxylic acids is 2. The van der Waals surface area contributed by atoms with E-state index < -0.39 is 0 Å². The lowest BCUT2D eigenvalue weighted by molar-refractivity contribution is -0.116. The predicted molar refractivity (Wildman–Crippen MR) is 128 cm³/mol. The van der Waals surface area contributed by atoms with Crippen LogP contribution in [0.1, 0.15) is 48.4 Å². The Hall–Kier alpha value is -3.40. The van der Waals surface area contributed by atoms with Crippen molar-refractivity contribution in [1.29, 1.82) is 0 Å². The van der Waals surface area contributed by atoms with Gasteiger partial charge in [0.15, 0.2) is 11.5 Å². The Morgan fingerprint density at radius 3 is 2.62 bits per heavy atom. The number of carbonyl (C=O) groups is 2. The fourth-order valence-corrected chi connectivity index (χ4v) is 4.55. The minimum absolute atomic E-state index is 0.122. The average Bonchev–Trinajstić information content (AvgIpc) is 3.56. The van der Waals surface area contributed by atoms with Crippen LogP contribution in [0.25, 0.3) is 10.7 Å². The number of likely N-dealkylation sites (tertiary alicyclic amines) is 1. The molecule has 34 heavy (non-hydrogen) atoms. The van der Waals surface area contributed by atoms with Crippen molar-refractivity contribution in [2.45, 2.75) is 38.5 Å². The summed E-state index contributed by atoms with van der Waals surface area (Å²) in [5.41, 5.74) is 0.807. The van der Waals surface area contributed by atoms with Crippen LogP contribution < -0.4 is 14.8 Å². The van der Waals surface area contributed by atoms with E-state index in [1.165, 1.54) is 25.6 Å². The van der Waals surface area contributed by atoms with Crippen LogP contribution in [-0.4, -0.2) is 54.2 Å². The molecule has 10 heteroatoms. The highest BCUT2D eigenvalue weighted by atomic mass is 32.1. The molecule has 0 bridgehead atoms. The van der Waals surface area contributed by atoms with Gasteiger partial charge in [0.2, 0.25) is 17.6 Å². The summed E-state index contributed by atoms with van der Waals surface area (Å²) < 4.78 is 16.1. The van der Waals surface area contributed by atoms with Gasteiger partial charge in [-0.05, 0) is 43.2 Å². The van der Waals surface area contributed by atoms with Gasteiger partial charge in [0.1, 0.15) is 0 Å². The summed E-state index contributed by atoms with van der Waals surface area (Å²) in [6, 6.07) is 7.13. The molecule has 0 radical (unpaired) electrons. The first kappa shape index (κ1) is 23.7. The fraction of sp³-hybridized carbons (Fsp3) is 0.417. The van der Waals surface area contributed by atoms with E-state index in [-0.39, 0.29) is 18.2 Å². The summed E-state index contributed by atoms with van der Waals surface area (Å²) >= 11 is 1.54. The largest absolute Gasteiger partial charge is 0.493 e.